The highest BCUT2D eigenvalue weighted by Crippen LogP contribution is 2.59. The van der Waals surface area contributed by atoms with E-state index in [4.69, 9.17) is 14.2 Å². The topological polar surface area (TPSA) is 85.6 Å². The number of hydrogen-bond donors (Lipinski definition) is 0. The Morgan fingerprint density at radius 3 is 2.20 bits per heavy atom. The minimum Gasteiger partial charge on any atom is -0.457 e. The summed E-state index contributed by atoms with van der Waals surface area (Å²) in [6.45, 7) is 3.85. The SMILES string of the molecule is CC1(C)[C@H](C(=O)O[C@H](C#N)c2cccc(Oc3ccccc3)c2)[C@@H]1C=CC(=O)Oc1ccccc1. The maximum absolute atomic E-state index is 12.9. The largest absolute Gasteiger partial charge is 0.457 e. The Balaban J connectivity index is 1.38. The number of hydrogen-bond acceptors (Lipinski definition) is 6. The van der Waals surface area contributed by atoms with E-state index < -0.39 is 29.4 Å². The van der Waals surface area contributed by atoms with Crippen LogP contribution < -0.4 is 9.47 Å². The number of allylic oxidation sites excluding steroid dienone is 1. The standard InChI is InChI=1S/C29H25NO5/c1-29(2)24(16-17-26(31)34-22-13-7-4-8-14-22)27(29)28(32)35-25(19-30)20-10-9-15-23(18-20)33-21-11-5-3-6-12-21/h3-18,24-25,27H,1-2H3/t24-,25+,27-/m0/s1. The van der Waals surface area contributed by atoms with Crippen LogP contribution in [0.2, 0.25) is 0 Å². The Morgan fingerprint density at radius 1 is 0.914 bits per heavy atom. The van der Waals surface area contributed by atoms with Crippen LogP contribution in [0.5, 0.6) is 17.2 Å². The molecule has 0 aliphatic heterocycles. The summed E-state index contributed by atoms with van der Waals surface area (Å²) in [6.07, 6.45) is 1.93. The molecule has 0 heterocycles. The molecule has 0 spiro atoms. The molecule has 3 atom stereocenters. The van der Waals surface area contributed by atoms with E-state index in [2.05, 4.69) is 6.07 Å². The first-order chi connectivity index (χ1) is 16.9. The summed E-state index contributed by atoms with van der Waals surface area (Å²) in [6, 6.07) is 27.0. The molecule has 3 aromatic rings. The molecule has 1 aliphatic rings. The monoisotopic (exact) mass is 467 g/mol. The summed E-state index contributed by atoms with van der Waals surface area (Å²) in [5.74, 6) is -0.0280. The van der Waals surface area contributed by atoms with Crippen molar-refractivity contribution in [2.24, 2.45) is 17.3 Å². The molecule has 6 nitrogen and oxygen atoms in total. The lowest BCUT2D eigenvalue weighted by Crippen LogP contribution is -2.14. The molecule has 0 radical (unpaired) electrons. The number of benzene rings is 3. The fourth-order valence-corrected chi connectivity index (χ4v) is 4.03. The molecule has 176 valence electrons. The first-order valence-electron chi connectivity index (χ1n) is 11.3. The van der Waals surface area contributed by atoms with Gasteiger partial charge in [-0.05, 0) is 47.7 Å². The van der Waals surface area contributed by atoms with Crippen LogP contribution in [0, 0.1) is 28.6 Å². The van der Waals surface area contributed by atoms with Crippen molar-refractivity contribution in [3.8, 4) is 23.3 Å². The van der Waals surface area contributed by atoms with E-state index in [-0.39, 0.29) is 5.92 Å². The lowest BCUT2D eigenvalue weighted by atomic mass is 10.1. The van der Waals surface area contributed by atoms with Gasteiger partial charge in [0.25, 0.3) is 0 Å². The number of nitriles is 1. The van der Waals surface area contributed by atoms with Crippen molar-refractivity contribution < 1.29 is 23.8 Å². The van der Waals surface area contributed by atoms with Crippen LogP contribution in [0.3, 0.4) is 0 Å². The van der Waals surface area contributed by atoms with Gasteiger partial charge < -0.3 is 14.2 Å². The highest BCUT2D eigenvalue weighted by Gasteiger charge is 2.61. The fraction of sp³-hybridized carbons (Fsp3) is 0.207. The van der Waals surface area contributed by atoms with E-state index >= 15 is 0 Å². The molecule has 1 aliphatic carbocycles. The van der Waals surface area contributed by atoms with E-state index in [0.717, 1.165) is 0 Å². The number of rotatable bonds is 8. The average molecular weight is 468 g/mol. The first kappa shape index (κ1) is 23.8. The van der Waals surface area contributed by atoms with Gasteiger partial charge in [0.15, 0.2) is 0 Å². The number of carbonyl (C=O) groups is 2. The van der Waals surface area contributed by atoms with Crippen molar-refractivity contribution in [2.45, 2.75) is 20.0 Å². The predicted octanol–water partition coefficient (Wildman–Crippen LogP) is 6.02. The smallest absolute Gasteiger partial charge is 0.335 e. The summed E-state index contributed by atoms with van der Waals surface area (Å²) < 4.78 is 16.7. The summed E-state index contributed by atoms with van der Waals surface area (Å²) >= 11 is 0. The van der Waals surface area contributed by atoms with Gasteiger partial charge in [-0.1, -0.05) is 68.5 Å². The second-order valence-electron chi connectivity index (χ2n) is 8.85. The number of carbonyl (C=O) groups excluding carboxylic acids is 2. The molecular formula is C29H25NO5. The molecule has 1 fully saturated rings. The molecular weight excluding hydrogens is 442 g/mol. The van der Waals surface area contributed by atoms with Crippen LogP contribution in [-0.4, -0.2) is 11.9 Å². The van der Waals surface area contributed by atoms with Gasteiger partial charge in [-0.2, -0.15) is 5.26 Å². The van der Waals surface area contributed by atoms with Crippen molar-refractivity contribution >= 4 is 11.9 Å². The lowest BCUT2D eigenvalue weighted by Gasteiger charge is -2.13. The van der Waals surface area contributed by atoms with Crippen LogP contribution in [0.1, 0.15) is 25.5 Å². The Hall–Kier alpha value is -4.37. The number of ether oxygens (including phenoxy) is 3. The summed E-state index contributed by atoms with van der Waals surface area (Å²) in [7, 11) is 0. The number of esters is 2. The third-order valence-electron chi connectivity index (χ3n) is 6.06. The van der Waals surface area contributed by atoms with Gasteiger partial charge in [-0.15, -0.1) is 0 Å². The summed E-state index contributed by atoms with van der Waals surface area (Å²) in [5, 5.41) is 9.68. The molecule has 0 unspecified atom stereocenters. The van der Waals surface area contributed by atoms with Gasteiger partial charge in [0.1, 0.15) is 23.3 Å². The molecule has 0 aromatic heterocycles. The molecule has 35 heavy (non-hydrogen) atoms. The third kappa shape index (κ3) is 5.77. The van der Waals surface area contributed by atoms with Crippen LogP contribution in [0.4, 0.5) is 0 Å². The molecule has 6 heteroatoms. The quantitative estimate of drug-likeness (QED) is 0.229. The van der Waals surface area contributed by atoms with E-state index in [1.165, 1.54) is 6.08 Å². The number of nitrogens with zero attached hydrogens (tertiary/aromatic N) is 1. The van der Waals surface area contributed by atoms with E-state index in [1.54, 1.807) is 54.6 Å². The van der Waals surface area contributed by atoms with E-state index in [0.29, 0.717) is 22.8 Å². The molecule has 0 N–H and O–H groups in total. The van der Waals surface area contributed by atoms with Gasteiger partial charge in [0.05, 0.1) is 5.92 Å². The Bertz CT molecular complexity index is 1260. The van der Waals surface area contributed by atoms with Gasteiger partial charge in [0, 0.05) is 11.6 Å². The molecule has 1 saturated carbocycles. The lowest BCUT2D eigenvalue weighted by molar-refractivity contribution is -0.149. The van der Waals surface area contributed by atoms with Gasteiger partial charge in [-0.3, -0.25) is 4.79 Å². The van der Waals surface area contributed by atoms with Crippen LogP contribution in [0.25, 0.3) is 0 Å². The van der Waals surface area contributed by atoms with Crippen molar-refractivity contribution in [3.05, 3.63) is 103 Å². The Kier molecular flexibility index (Phi) is 6.98. The minimum atomic E-state index is -1.08. The zero-order chi connectivity index (χ0) is 24.8. The zero-order valence-electron chi connectivity index (χ0n) is 19.5. The van der Waals surface area contributed by atoms with Crippen LogP contribution >= 0.6 is 0 Å². The van der Waals surface area contributed by atoms with E-state index in [1.807, 2.05) is 50.2 Å². The van der Waals surface area contributed by atoms with Gasteiger partial charge in [-0.25, -0.2) is 4.79 Å². The van der Waals surface area contributed by atoms with Gasteiger partial charge in [0.2, 0.25) is 6.10 Å². The first-order valence-corrected chi connectivity index (χ1v) is 11.3. The normalized spacial score (nSPS) is 18.8. The van der Waals surface area contributed by atoms with Crippen molar-refractivity contribution in [1.29, 1.82) is 5.26 Å². The molecule has 3 aromatic carbocycles. The maximum Gasteiger partial charge on any atom is 0.335 e. The molecule has 0 bridgehead atoms. The fourth-order valence-electron chi connectivity index (χ4n) is 4.03. The van der Waals surface area contributed by atoms with Crippen molar-refractivity contribution in [2.75, 3.05) is 0 Å². The van der Waals surface area contributed by atoms with E-state index in [9.17, 15) is 14.9 Å². The minimum absolute atomic E-state index is 0.203. The predicted molar refractivity (Wildman–Crippen MR) is 129 cm³/mol. The van der Waals surface area contributed by atoms with Crippen LogP contribution in [0.15, 0.2) is 97.1 Å². The summed E-state index contributed by atoms with van der Waals surface area (Å²) in [5.41, 5.74) is 0.116. The zero-order valence-corrected chi connectivity index (χ0v) is 19.5. The van der Waals surface area contributed by atoms with Crippen molar-refractivity contribution in [1.82, 2.24) is 0 Å². The third-order valence-corrected chi connectivity index (χ3v) is 6.06. The second kappa shape index (κ2) is 10.3. The maximum atomic E-state index is 12.9. The van der Waals surface area contributed by atoms with Crippen molar-refractivity contribution in [3.63, 3.8) is 0 Å². The number of para-hydroxylation sites is 2. The highest BCUT2D eigenvalue weighted by molar-refractivity contribution is 5.85. The van der Waals surface area contributed by atoms with Gasteiger partial charge >= 0.3 is 11.9 Å². The molecule has 4 rings (SSSR count). The molecule has 0 amide bonds. The Labute approximate surface area is 204 Å². The molecule has 0 saturated heterocycles. The summed E-state index contributed by atoms with van der Waals surface area (Å²) in [4.78, 5) is 25.1. The second-order valence-corrected chi connectivity index (χ2v) is 8.85. The Morgan fingerprint density at radius 2 is 1.54 bits per heavy atom. The highest BCUT2D eigenvalue weighted by atomic mass is 16.5. The van der Waals surface area contributed by atoms with Crippen LogP contribution in [-0.2, 0) is 14.3 Å². The average Bonchev–Trinajstić information content (AvgIpc) is 3.42.